The molecule has 0 aromatic carbocycles. The number of hydrogen-bond acceptors (Lipinski definition) is 5. The molecule has 0 bridgehead atoms. The van der Waals surface area contributed by atoms with Gasteiger partial charge in [0, 0.05) is 12.6 Å². The van der Waals surface area contributed by atoms with Crippen molar-refractivity contribution in [2.45, 2.75) is 57.3 Å². The standard InChI is InChI=1S/C13H22F3NO5S/c1-9(13(14,15)16)12(18)22-11(8-23(19,20)21)7-17-10-5-3-2-4-6-10/h9-11,17H,2-8H2,1H3,(H,19,20,21). The van der Waals surface area contributed by atoms with Crippen molar-refractivity contribution in [1.29, 1.82) is 0 Å². The Bertz CT molecular complexity index is 488. The molecule has 0 aliphatic heterocycles. The number of carbonyl (C=O) groups excluding carboxylic acids is 1. The van der Waals surface area contributed by atoms with Crippen LogP contribution in [0.2, 0.25) is 0 Å². The van der Waals surface area contributed by atoms with Crippen LogP contribution in [0.25, 0.3) is 0 Å². The van der Waals surface area contributed by atoms with Crippen LogP contribution >= 0.6 is 0 Å². The molecule has 136 valence electrons. The summed E-state index contributed by atoms with van der Waals surface area (Å²) < 4.78 is 72.9. The van der Waals surface area contributed by atoms with E-state index < -0.39 is 40.0 Å². The summed E-state index contributed by atoms with van der Waals surface area (Å²) in [4.78, 5) is 11.5. The first-order chi connectivity index (χ1) is 10.5. The van der Waals surface area contributed by atoms with Crippen molar-refractivity contribution in [3.8, 4) is 0 Å². The highest BCUT2D eigenvalue weighted by Crippen LogP contribution is 2.27. The average Bonchev–Trinajstić information content (AvgIpc) is 2.42. The molecule has 0 heterocycles. The zero-order chi connectivity index (χ0) is 17.7. The third-order valence-electron chi connectivity index (χ3n) is 3.76. The summed E-state index contributed by atoms with van der Waals surface area (Å²) in [6, 6.07) is 0.103. The van der Waals surface area contributed by atoms with Gasteiger partial charge in [-0.25, -0.2) is 0 Å². The largest absolute Gasteiger partial charge is 0.459 e. The monoisotopic (exact) mass is 361 g/mol. The Labute approximate surface area is 133 Å². The predicted octanol–water partition coefficient (Wildman–Crippen LogP) is 1.91. The van der Waals surface area contributed by atoms with Crippen LogP contribution in [-0.4, -0.2) is 49.6 Å². The Balaban J connectivity index is 2.62. The molecule has 1 rings (SSSR count). The lowest BCUT2D eigenvalue weighted by molar-refractivity contribution is -0.196. The Morgan fingerprint density at radius 1 is 1.30 bits per heavy atom. The minimum Gasteiger partial charge on any atom is -0.459 e. The predicted molar refractivity (Wildman–Crippen MR) is 76.4 cm³/mol. The summed E-state index contributed by atoms with van der Waals surface area (Å²) in [5, 5.41) is 2.99. The van der Waals surface area contributed by atoms with Crippen LogP contribution in [0.3, 0.4) is 0 Å². The fourth-order valence-corrected chi connectivity index (χ4v) is 3.03. The minimum atomic E-state index is -4.77. The molecule has 1 fully saturated rings. The van der Waals surface area contributed by atoms with Gasteiger partial charge >= 0.3 is 12.1 Å². The van der Waals surface area contributed by atoms with Crippen molar-refractivity contribution in [2.75, 3.05) is 12.3 Å². The normalized spacial score (nSPS) is 20.0. The number of esters is 1. The number of nitrogens with one attached hydrogen (secondary N) is 1. The maximum Gasteiger partial charge on any atom is 0.401 e. The average molecular weight is 361 g/mol. The molecule has 1 saturated carbocycles. The third-order valence-corrected chi connectivity index (χ3v) is 4.56. The quantitative estimate of drug-likeness (QED) is 0.532. The van der Waals surface area contributed by atoms with Gasteiger partial charge in [-0.05, 0) is 19.8 Å². The van der Waals surface area contributed by atoms with Crippen LogP contribution in [0.1, 0.15) is 39.0 Å². The first-order valence-electron chi connectivity index (χ1n) is 7.45. The molecule has 1 aliphatic rings. The molecule has 2 N–H and O–H groups in total. The van der Waals surface area contributed by atoms with E-state index in [0.717, 1.165) is 32.1 Å². The van der Waals surface area contributed by atoms with E-state index in [1.54, 1.807) is 0 Å². The fraction of sp³-hybridized carbons (Fsp3) is 0.923. The number of alkyl halides is 3. The molecular weight excluding hydrogens is 339 g/mol. The second-order valence-corrected chi connectivity index (χ2v) is 7.31. The summed E-state index contributed by atoms with van der Waals surface area (Å²) in [7, 11) is -4.48. The third kappa shape index (κ3) is 7.98. The van der Waals surface area contributed by atoms with Gasteiger partial charge in [0.05, 0.1) is 0 Å². The Morgan fingerprint density at radius 3 is 2.35 bits per heavy atom. The number of halogens is 3. The molecule has 0 aromatic heterocycles. The smallest absolute Gasteiger partial charge is 0.401 e. The van der Waals surface area contributed by atoms with Gasteiger partial charge in [0.2, 0.25) is 0 Å². The van der Waals surface area contributed by atoms with Crippen LogP contribution < -0.4 is 5.32 Å². The van der Waals surface area contributed by atoms with Gasteiger partial charge in [0.15, 0.2) is 0 Å². The van der Waals surface area contributed by atoms with Gasteiger partial charge in [0.25, 0.3) is 10.1 Å². The Morgan fingerprint density at radius 2 is 1.87 bits per heavy atom. The maximum atomic E-state index is 12.5. The summed E-state index contributed by atoms with van der Waals surface area (Å²) in [6.07, 6.45) is -1.29. The van der Waals surface area contributed by atoms with Crippen molar-refractivity contribution >= 4 is 16.1 Å². The molecule has 0 radical (unpaired) electrons. The van der Waals surface area contributed by atoms with Gasteiger partial charge in [-0.2, -0.15) is 21.6 Å². The van der Waals surface area contributed by atoms with Crippen LogP contribution in [-0.2, 0) is 19.6 Å². The molecule has 0 amide bonds. The van der Waals surface area contributed by atoms with Crippen LogP contribution in [0.5, 0.6) is 0 Å². The van der Waals surface area contributed by atoms with E-state index in [9.17, 15) is 26.4 Å². The van der Waals surface area contributed by atoms with Gasteiger partial charge in [0.1, 0.15) is 17.8 Å². The van der Waals surface area contributed by atoms with Gasteiger partial charge in [-0.15, -0.1) is 0 Å². The SMILES string of the molecule is CC(C(=O)OC(CNC1CCCCC1)CS(=O)(=O)O)C(F)(F)F. The van der Waals surface area contributed by atoms with Crippen LogP contribution in [0.15, 0.2) is 0 Å². The lowest BCUT2D eigenvalue weighted by atomic mass is 9.95. The number of ether oxygens (including phenoxy) is 1. The second kappa shape index (κ2) is 8.29. The van der Waals surface area contributed by atoms with Crippen molar-refractivity contribution in [3.05, 3.63) is 0 Å². The Hall–Kier alpha value is -0.870. The summed E-state index contributed by atoms with van der Waals surface area (Å²) in [5.74, 6) is -4.86. The first kappa shape index (κ1) is 20.2. The van der Waals surface area contributed by atoms with Gasteiger partial charge < -0.3 is 10.1 Å². The molecule has 2 atom stereocenters. The van der Waals surface area contributed by atoms with Crippen molar-refractivity contribution in [1.82, 2.24) is 5.32 Å². The van der Waals surface area contributed by atoms with E-state index in [-0.39, 0.29) is 12.6 Å². The molecule has 10 heteroatoms. The molecule has 2 unspecified atom stereocenters. The fourth-order valence-electron chi connectivity index (χ4n) is 2.37. The van der Waals surface area contributed by atoms with Crippen molar-refractivity contribution < 1.29 is 35.7 Å². The number of rotatable bonds is 7. The van der Waals surface area contributed by atoms with Crippen molar-refractivity contribution in [3.63, 3.8) is 0 Å². The number of carbonyl (C=O) groups is 1. The molecule has 6 nitrogen and oxygen atoms in total. The Kier molecular flexibility index (Phi) is 7.28. The minimum absolute atomic E-state index is 0.103. The van der Waals surface area contributed by atoms with E-state index in [4.69, 9.17) is 4.55 Å². The van der Waals surface area contributed by atoms with Crippen molar-refractivity contribution in [2.24, 2.45) is 5.92 Å². The molecule has 0 spiro atoms. The van der Waals surface area contributed by atoms with Crippen LogP contribution in [0.4, 0.5) is 13.2 Å². The zero-order valence-corrected chi connectivity index (χ0v) is 13.6. The van der Waals surface area contributed by atoms with E-state index in [0.29, 0.717) is 6.92 Å². The molecule has 23 heavy (non-hydrogen) atoms. The summed E-state index contributed by atoms with van der Waals surface area (Å²) >= 11 is 0. The highest BCUT2D eigenvalue weighted by Gasteiger charge is 2.43. The maximum absolute atomic E-state index is 12.5. The number of hydrogen-bond donors (Lipinski definition) is 2. The highest BCUT2D eigenvalue weighted by molar-refractivity contribution is 7.85. The van der Waals surface area contributed by atoms with E-state index in [1.165, 1.54) is 0 Å². The molecule has 0 aromatic rings. The van der Waals surface area contributed by atoms with Gasteiger partial charge in [-0.3, -0.25) is 9.35 Å². The lowest BCUT2D eigenvalue weighted by Gasteiger charge is -2.26. The van der Waals surface area contributed by atoms with E-state index in [2.05, 4.69) is 10.1 Å². The summed E-state index contributed by atoms with van der Waals surface area (Å²) in [5.41, 5.74) is 0. The zero-order valence-electron chi connectivity index (χ0n) is 12.8. The lowest BCUT2D eigenvalue weighted by Crippen LogP contribution is -2.43. The van der Waals surface area contributed by atoms with E-state index >= 15 is 0 Å². The molecular formula is C13H22F3NO5S. The van der Waals surface area contributed by atoms with E-state index in [1.807, 2.05) is 0 Å². The highest BCUT2D eigenvalue weighted by atomic mass is 32.2. The first-order valence-corrected chi connectivity index (χ1v) is 9.05. The van der Waals surface area contributed by atoms with Crippen LogP contribution in [0, 0.1) is 5.92 Å². The molecule has 0 saturated heterocycles. The van der Waals surface area contributed by atoms with Gasteiger partial charge in [-0.1, -0.05) is 19.3 Å². The molecule has 1 aliphatic carbocycles. The summed E-state index contributed by atoms with van der Waals surface area (Å²) in [6.45, 7) is 0.516. The topological polar surface area (TPSA) is 92.7 Å². The second-order valence-electron chi connectivity index (χ2n) is 5.81.